The summed E-state index contributed by atoms with van der Waals surface area (Å²) in [5, 5.41) is -0.103. The van der Waals surface area contributed by atoms with Crippen molar-refractivity contribution >= 4 is 20.5 Å². The van der Waals surface area contributed by atoms with E-state index in [0.717, 1.165) is 12.8 Å². The molecule has 5 saturated carbocycles. The van der Waals surface area contributed by atoms with Crippen molar-refractivity contribution in [3.8, 4) is 0 Å². The van der Waals surface area contributed by atoms with Gasteiger partial charge in [0.05, 0.1) is 11.1 Å². The van der Waals surface area contributed by atoms with Gasteiger partial charge in [-0.05, 0) is 86.7 Å². The summed E-state index contributed by atoms with van der Waals surface area (Å²) in [5.74, 6) is 1.92. The summed E-state index contributed by atoms with van der Waals surface area (Å²) in [4.78, 5) is 26.7. The van der Waals surface area contributed by atoms with Crippen molar-refractivity contribution in [3.05, 3.63) is 71.8 Å². The molecule has 5 heteroatoms. The number of hydrogen-bond donors (Lipinski definition) is 0. The first-order valence-electron chi connectivity index (χ1n) is 12.7. The predicted molar refractivity (Wildman–Crippen MR) is 133 cm³/mol. The maximum Gasteiger partial charge on any atom is 0.338 e. The van der Waals surface area contributed by atoms with E-state index in [1.54, 1.807) is 24.3 Å². The van der Waals surface area contributed by atoms with E-state index in [0.29, 0.717) is 43.4 Å². The molecule has 9 unspecified atom stereocenters. The predicted octanol–water partition coefficient (Wildman–Crippen LogP) is 5.96. The molecule has 0 heterocycles. The molecule has 0 aromatic heterocycles. The third-order valence-electron chi connectivity index (χ3n) is 9.74. The van der Waals surface area contributed by atoms with Gasteiger partial charge >= 0.3 is 11.9 Å². The molecule has 0 N–H and O–H groups in total. The Labute approximate surface area is 203 Å². The molecule has 0 spiro atoms. The van der Waals surface area contributed by atoms with Gasteiger partial charge in [-0.3, -0.25) is 0 Å². The van der Waals surface area contributed by atoms with Crippen LogP contribution in [0.2, 0.25) is 0 Å². The summed E-state index contributed by atoms with van der Waals surface area (Å²) in [5.41, 5.74) is 0.942. The first kappa shape index (κ1) is 22.3. The first-order valence-corrected chi connectivity index (χ1v) is 14.2. The minimum absolute atomic E-state index is 0.103. The molecule has 2 aromatic rings. The quantitative estimate of drug-likeness (QED) is 0.395. The molecule has 4 bridgehead atoms. The smallest absolute Gasteiger partial charge is 0.338 e. The summed E-state index contributed by atoms with van der Waals surface area (Å²) < 4.78 is 12.8. The molecule has 4 nitrogen and oxygen atoms in total. The molecule has 5 aliphatic rings. The van der Waals surface area contributed by atoms with E-state index in [9.17, 15) is 9.59 Å². The van der Waals surface area contributed by atoms with E-state index in [2.05, 4.69) is 13.6 Å². The van der Waals surface area contributed by atoms with Gasteiger partial charge in [0, 0.05) is 10.6 Å². The minimum atomic E-state index is -0.422. The molecule has 0 saturated heterocycles. The van der Waals surface area contributed by atoms with Crippen LogP contribution < -0.4 is 0 Å². The molecule has 5 fully saturated rings. The van der Waals surface area contributed by atoms with Gasteiger partial charge < -0.3 is 9.47 Å². The van der Waals surface area contributed by atoms with Crippen molar-refractivity contribution in [1.29, 1.82) is 0 Å². The second-order valence-corrected chi connectivity index (χ2v) is 12.5. The average molecular weight is 477 g/mol. The highest BCUT2D eigenvalue weighted by Gasteiger charge is 2.74. The number of esters is 2. The number of carbonyl (C=O) groups excluding carboxylic acids is 2. The molecule has 178 valence electrons. The number of rotatable bonds is 5. The monoisotopic (exact) mass is 476 g/mol. The Bertz CT molecular complexity index is 1090. The highest BCUT2D eigenvalue weighted by molar-refractivity contribution is 7.39. The Morgan fingerprint density at radius 3 is 1.88 bits per heavy atom. The van der Waals surface area contributed by atoms with Crippen LogP contribution in [-0.2, 0) is 9.47 Å². The van der Waals surface area contributed by atoms with Crippen LogP contribution in [0, 0.1) is 29.1 Å². The Morgan fingerprint density at radius 1 is 0.794 bits per heavy atom. The van der Waals surface area contributed by atoms with Gasteiger partial charge in [0.15, 0.2) is 0 Å². The molecule has 7 rings (SSSR count). The van der Waals surface area contributed by atoms with E-state index in [-0.39, 0.29) is 22.5 Å². The number of hydrogen-bond acceptors (Lipinski definition) is 4. The van der Waals surface area contributed by atoms with Crippen molar-refractivity contribution in [1.82, 2.24) is 0 Å². The average Bonchev–Trinajstić information content (AvgIpc) is 3.51. The van der Waals surface area contributed by atoms with Crippen LogP contribution in [0.4, 0.5) is 0 Å². The van der Waals surface area contributed by atoms with Crippen LogP contribution in [0.1, 0.15) is 59.7 Å². The molecule has 0 radical (unpaired) electrons. The van der Waals surface area contributed by atoms with Crippen molar-refractivity contribution < 1.29 is 19.1 Å². The lowest BCUT2D eigenvalue weighted by Crippen LogP contribution is -2.72. The van der Waals surface area contributed by atoms with Gasteiger partial charge in [0.25, 0.3) is 0 Å². The van der Waals surface area contributed by atoms with E-state index in [1.165, 1.54) is 19.3 Å². The van der Waals surface area contributed by atoms with Crippen LogP contribution in [0.5, 0.6) is 0 Å². The maximum absolute atomic E-state index is 13.3. The zero-order valence-corrected chi connectivity index (χ0v) is 20.9. The summed E-state index contributed by atoms with van der Waals surface area (Å²) >= 11 is 0. The number of fused-ring (bicyclic) bond motifs is 4. The van der Waals surface area contributed by atoms with E-state index < -0.39 is 12.2 Å². The first-order chi connectivity index (χ1) is 16.5. The number of ether oxygens (including phenoxy) is 2. The van der Waals surface area contributed by atoms with Gasteiger partial charge in [-0.15, -0.1) is 8.58 Å². The fourth-order valence-electron chi connectivity index (χ4n) is 8.38. The molecule has 0 amide bonds. The number of benzene rings is 2. The van der Waals surface area contributed by atoms with Crippen molar-refractivity contribution in [3.63, 3.8) is 0 Å². The lowest BCUT2D eigenvalue weighted by atomic mass is 9.45. The standard InChI is InChI=1S/C29H33O4P/c1-28-15-16-29(34-2,23-21-14-13-20(17-21)22(23)28)25(33-27(31)19-11-7-4-8-12-19)24(28)32-26(30)18-9-5-3-6-10-18/h3-12,20-25,34H,13-17H2,1-2H3. The Balaban J connectivity index is 1.41. The minimum Gasteiger partial charge on any atom is -0.454 e. The van der Waals surface area contributed by atoms with Gasteiger partial charge in [0.2, 0.25) is 0 Å². The Hall–Kier alpha value is -2.19. The van der Waals surface area contributed by atoms with Crippen LogP contribution in [-0.4, -0.2) is 36.0 Å². The summed E-state index contributed by atoms with van der Waals surface area (Å²) in [6.07, 6.45) is 5.13. The normalized spacial score (nSPS) is 39.8. The second kappa shape index (κ2) is 8.19. The van der Waals surface area contributed by atoms with E-state index in [1.807, 2.05) is 36.4 Å². The number of carbonyl (C=O) groups is 2. The fraction of sp³-hybridized carbons (Fsp3) is 0.517. The van der Waals surface area contributed by atoms with Crippen LogP contribution in [0.25, 0.3) is 0 Å². The maximum atomic E-state index is 13.3. The zero-order chi connectivity index (χ0) is 23.5. The Kier molecular flexibility index (Phi) is 5.37. The third-order valence-corrected chi connectivity index (χ3v) is 11.5. The topological polar surface area (TPSA) is 52.6 Å². The van der Waals surface area contributed by atoms with Crippen molar-refractivity contribution in [2.24, 2.45) is 29.1 Å². The summed E-state index contributed by atoms with van der Waals surface area (Å²) in [7, 11) is 0.642. The lowest BCUT2D eigenvalue weighted by molar-refractivity contribution is -0.206. The Morgan fingerprint density at radius 2 is 1.32 bits per heavy atom. The molecular formula is C29H33O4P. The highest BCUT2D eigenvalue weighted by Crippen LogP contribution is 2.74. The second-order valence-electron chi connectivity index (χ2n) is 11.1. The molecule has 5 aliphatic carbocycles. The van der Waals surface area contributed by atoms with Gasteiger partial charge in [0.1, 0.15) is 12.2 Å². The van der Waals surface area contributed by atoms with Crippen LogP contribution in [0.15, 0.2) is 60.7 Å². The van der Waals surface area contributed by atoms with Crippen molar-refractivity contribution in [2.75, 3.05) is 6.66 Å². The fourth-order valence-corrected chi connectivity index (χ4v) is 10.0. The van der Waals surface area contributed by atoms with Crippen molar-refractivity contribution in [2.45, 2.75) is 56.4 Å². The van der Waals surface area contributed by atoms with Crippen LogP contribution in [0.3, 0.4) is 0 Å². The largest absolute Gasteiger partial charge is 0.454 e. The van der Waals surface area contributed by atoms with Gasteiger partial charge in [-0.1, -0.05) is 43.3 Å². The SMILES string of the molecule is CPC12CCC(C)(C(OC(=O)c3ccccc3)C1OC(=O)c1ccccc1)C1C3CCC(C3)C12. The van der Waals surface area contributed by atoms with Gasteiger partial charge in [-0.2, -0.15) is 0 Å². The van der Waals surface area contributed by atoms with Gasteiger partial charge in [-0.25, -0.2) is 9.59 Å². The highest BCUT2D eigenvalue weighted by atomic mass is 31.1. The molecule has 2 aromatic carbocycles. The van der Waals surface area contributed by atoms with Crippen LogP contribution >= 0.6 is 8.58 Å². The molecule has 0 aliphatic heterocycles. The molecular weight excluding hydrogens is 443 g/mol. The summed E-state index contributed by atoms with van der Waals surface area (Å²) in [6.45, 7) is 4.59. The van der Waals surface area contributed by atoms with E-state index in [4.69, 9.17) is 9.47 Å². The summed E-state index contributed by atoms with van der Waals surface area (Å²) in [6, 6.07) is 18.5. The third kappa shape index (κ3) is 3.14. The van der Waals surface area contributed by atoms with E-state index >= 15 is 0 Å². The molecule has 34 heavy (non-hydrogen) atoms. The lowest BCUT2D eigenvalue weighted by Gasteiger charge is -2.67. The molecule has 9 atom stereocenters. The zero-order valence-electron chi connectivity index (χ0n) is 19.9.